The van der Waals surface area contributed by atoms with E-state index in [1.54, 1.807) is 0 Å². The molecule has 20 atom stereocenters. The molecule has 8 N–H and O–H groups in total. The van der Waals surface area contributed by atoms with Gasteiger partial charge in [-0.3, -0.25) is 42.5 Å². The van der Waals surface area contributed by atoms with Gasteiger partial charge in [-0.2, -0.15) is 0 Å². The second-order valence-corrected chi connectivity index (χ2v) is 17.9. The average molecular weight is 799 g/mol. The third-order valence-corrected chi connectivity index (χ3v) is 16.5. The van der Waals surface area contributed by atoms with Crippen LogP contribution in [-0.2, 0) is 22.4 Å². The number of hydrogen-bond acceptors (Lipinski definition) is 8. The van der Waals surface area contributed by atoms with Gasteiger partial charge in [0.05, 0.1) is 70.8 Å². The summed E-state index contributed by atoms with van der Waals surface area (Å²) in [5, 5.41) is 31.7. The first-order valence-corrected chi connectivity index (χ1v) is 19.9. The Labute approximate surface area is 304 Å². The molecule has 45 heavy (non-hydrogen) atoms. The molecule has 0 aromatic heterocycles. The van der Waals surface area contributed by atoms with Gasteiger partial charge in [-0.25, -0.2) is 0 Å². The molecule has 1 radical (unpaired) electrons. The fourth-order valence-corrected chi connectivity index (χ4v) is 13.7. The molecule has 8 bridgehead atoms. The molecule has 9 fully saturated rings. The van der Waals surface area contributed by atoms with Crippen LogP contribution in [0.2, 0.25) is 0 Å². The monoisotopic (exact) mass is 795 g/mol. The summed E-state index contributed by atoms with van der Waals surface area (Å²) in [5.41, 5.74) is 0. The van der Waals surface area contributed by atoms with Crippen LogP contribution in [0.4, 0.5) is 0 Å². The third-order valence-electron chi connectivity index (χ3n) is 13.9. The maximum Gasteiger partial charge on any atom is 0.0681 e. The van der Waals surface area contributed by atoms with Gasteiger partial charge >= 0.3 is 0 Å². The average Bonchev–Trinajstić information content (AvgIpc) is 3.78. The minimum absolute atomic E-state index is 0. The van der Waals surface area contributed by atoms with Crippen LogP contribution in [0, 0.1) is 47.3 Å². The predicted molar refractivity (Wildman–Crippen MR) is 177 cm³/mol. The molecule has 259 valence electrons. The van der Waals surface area contributed by atoms with Crippen LogP contribution in [0.5, 0.6) is 0 Å². The standard InChI is InChI=1S/C32H52Cl4N8.Ag/c33-21-19-20(22(34)24(36)23(21)35)32-43-30-18-12-6-4-10-16(18)28(41-30)39-26-14-8-2-1-7-13(14)25(37-26)38-27-15-9-3-5-11-17(15)29(40-27)42-31(19)44-32;/h13-32,37-44H,1-12H2;. The fourth-order valence-electron chi connectivity index (χ4n) is 11.9. The Bertz CT molecular complexity index is 989. The molecule has 0 amide bonds. The molecule has 9 rings (SSSR count). The zero-order valence-corrected chi connectivity index (χ0v) is 30.4. The Morgan fingerprint density at radius 2 is 0.489 bits per heavy atom. The van der Waals surface area contributed by atoms with Gasteiger partial charge in [-0.05, 0) is 74.0 Å². The summed E-state index contributed by atoms with van der Waals surface area (Å²) in [4.78, 5) is 0. The molecular weight excluding hydrogens is 746 g/mol. The van der Waals surface area contributed by atoms with E-state index in [4.69, 9.17) is 46.4 Å². The second-order valence-electron chi connectivity index (χ2n) is 15.9. The van der Waals surface area contributed by atoms with Crippen molar-refractivity contribution in [1.82, 2.24) is 42.5 Å². The first-order chi connectivity index (χ1) is 21.5. The Morgan fingerprint density at radius 3 is 0.733 bits per heavy atom. The summed E-state index contributed by atoms with van der Waals surface area (Å²) >= 11 is 28.3. The van der Waals surface area contributed by atoms with E-state index in [1.807, 2.05) is 0 Å². The molecule has 0 aromatic rings. The molecule has 5 aliphatic heterocycles. The van der Waals surface area contributed by atoms with Crippen LogP contribution in [0.25, 0.3) is 0 Å². The summed E-state index contributed by atoms with van der Waals surface area (Å²) in [6.07, 6.45) is 17.3. The van der Waals surface area contributed by atoms with Crippen molar-refractivity contribution in [3.8, 4) is 0 Å². The van der Waals surface area contributed by atoms with Gasteiger partial charge in [-0.1, -0.05) is 38.5 Å². The van der Waals surface area contributed by atoms with Crippen molar-refractivity contribution in [3.05, 3.63) is 0 Å². The van der Waals surface area contributed by atoms with E-state index in [0.29, 0.717) is 60.2 Å². The molecule has 4 saturated carbocycles. The van der Waals surface area contributed by atoms with Crippen LogP contribution in [0.3, 0.4) is 0 Å². The minimum atomic E-state index is -0.375. The van der Waals surface area contributed by atoms with E-state index in [-0.39, 0.29) is 80.4 Å². The van der Waals surface area contributed by atoms with E-state index in [1.165, 1.54) is 77.0 Å². The topological polar surface area (TPSA) is 96.2 Å². The second kappa shape index (κ2) is 13.6. The third kappa shape index (κ3) is 5.76. The SMILES string of the molecule is ClC1C(Cl)C(Cl)C2C3NC4NC(NC5NC(NC6NC(NC(N3)C2C1Cl)C1CCCCC61)C1CCCCC51)C1CCCCC41.[Ag]. The van der Waals surface area contributed by atoms with Crippen LogP contribution < -0.4 is 42.5 Å². The summed E-state index contributed by atoms with van der Waals surface area (Å²) < 4.78 is 0. The Kier molecular flexibility index (Phi) is 10.2. The van der Waals surface area contributed by atoms with Gasteiger partial charge in [-0.15, -0.1) is 46.4 Å². The van der Waals surface area contributed by atoms with Crippen LogP contribution in [0.15, 0.2) is 0 Å². The number of rotatable bonds is 0. The van der Waals surface area contributed by atoms with Crippen molar-refractivity contribution < 1.29 is 22.4 Å². The molecule has 5 heterocycles. The first-order valence-electron chi connectivity index (χ1n) is 18.1. The number of alkyl halides is 4. The fraction of sp³-hybridized carbons (Fsp3) is 1.00. The van der Waals surface area contributed by atoms with Crippen molar-refractivity contribution in [3.63, 3.8) is 0 Å². The number of nitrogens with one attached hydrogen (secondary N) is 8. The summed E-state index contributed by atoms with van der Waals surface area (Å²) in [6, 6.07) is 0. The van der Waals surface area contributed by atoms with Gasteiger partial charge in [0, 0.05) is 34.2 Å². The first kappa shape index (κ1) is 33.7. The molecule has 0 spiro atoms. The molecular formula is C32H52AgCl4N8. The van der Waals surface area contributed by atoms with Crippen molar-refractivity contribution >= 4 is 46.4 Å². The molecule has 8 nitrogen and oxygen atoms in total. The van der Waals surface area contributed by atoms with E-state index in [9.17, 15) is 0 Å². The van der Waals surface area contributed by atoms with Crippen LogP contribution in [0.1, 0.15) is 77.0 Å². The van der Waals surface area contributed by atoms with Crippen molar-refractivity contribution in [2.75, 3.05) is 0 Å². The van der Waals surface area contributed by atoms with Gasteiger partial charge in [0.1, 0.15) is 0 Å². The van der Waals surface area contributed by atoms with Crippen LogP contribution >= 0.6 is 46.4 Å². The van der Waals surface area contributed by atoms with Gasteiger partial charge in [0.25, 0.3) is 0 Å². The maximum atomic E-state index is 7.23. The Balaban J connectivity index is 0.00000300. The van der Waals surface area contributed by atoms with E-state index in [0.717, 1.165) is 0 Å². The zero-order chi connectivity index (χ0) is 29.7. The van der Waals surface area contributed by atoms with Crippen molar-refractivity contribution in [2.45, 2.75) is 148 Å². The Morgan fingerprint density at radius 1 is 0.289 bits per heavy atom. The van der Waals surface area contributed by atoms with Gasteiger partial charge < -0.3 is 0 Å². The number of fused-ring (bicyclic) bond motifs is 20. The molecule has 13 heteroatoms. The zero-order valence-electron chi connectivity index (χ0n) is 25.8. The smallest absolute Gasteiger partial charge is 0.0681 e. The largest absolute Gasteiger partial charge is 0.286 e. The minimum Gasteiger partial charge on any atom is -0.286 e. The maximum absolute atomic E-state index is 7.23. The summed E-state index contributed by atoms with van der Waals surface area (Å²) in [6.45, 7) is 0. The molecule has 20 unspecified atom stereocenters. The summed E-state index contributed by atoms with van der Waals surface area (Å²) in [5.74, 6) is 3.88. The molecule has 9 aliphatic rings. The number of hydrogen-bond donors (Lipinski definition) is 8. The summed E-state index contributed by atoms with van der Waals surface area (Å²) in [7, 11) is 0. The van der Waals surface area contributed by atoms with Crippen LogP contribution in [-0.4, -0.2) is 70.8 Å². The molecule has 0 aromatic carbocycles. The van der Waals surface area contributed by atoms with E-state index >= 15 is 0 Å². The van der Waals surface area contributed by atoms with Gasteiger partial charge in [0.2, 0.25) is 0 Å². The Hall–Kier alpha value is 1.58. The normalized spacial score (nSPS) is 58.9. The van der Waals surface area contributed by atoms with Crippen molar-refractivity contribution in [1.29, 1.82) is 0 Å². The van der Waals surface area contributed by atoms with E-state index < -0.39 is 0 Å². The number of halogens is 4. The quantitative estimate of drug-likeness (QED) is 0.140. The van der Waals surface area contributed by atoms with Gasteiger partial charge in [0.15, 0.2) is 0 Å². The molecule has 5 saturated heterocycles. The predicted octanol–water partition coefficient (Wildman–Crippen LogP) is 3.47. The van der Waals surface area contributed by atoms with E-state index in [2.05, 4.69) is 42.5 Å². The van der Waals surface area contributed by atoms with Crippen molar-refractivity contribution in [2.24, 2.45) is 47.3 Å². The molecule has 4 aliphatic carbocycles.